The second-order valence-corrected chi connectivity index (χ2v) is 6.69. The fourth-order valence-corrected chi connectivity index (χ4v) is 2.93. The van der Waals surface area contributed by atoms with E-state index in [-0.39, 0.29) is 6.04 Å². The van der Waals surface area contributed by atoms with E-state index in [2.05, 4.69) is 10.3 Å². The minimum absolute atomic E-state index is 0.109. The number of carbonyl (C=O) groups is 1. The van der Waals surface area contributed by atoms with E-state index >= 15 is 0 Å². The predicted molar refractivity (Wildman–Crippen MR) is 82.0 cm³/mol. The second-order valence-electron chi connectivity index (χ2n) is 5.63. The maximum Gasteiger partial charge on any atom is 0.408 e. The molecule has 5 heteroatoms. The van der Waals surface area contributed by atoms with Gasteiger partial charge >= 0.3 is 6.09 Å². The molecule has 0 saturated heterocycles. The van der Waals surface area contributed by atoms with Gasteiger partial charge in [0.1, 0.15) is 10.6 Å². The van der Waals surface area contributed by atoms with Gasteiger partial charge in [0.2, 0.25) is 0 Å². The van der Waals surface area contributed by atoms with Gasteiger partial charge in [0.05, 0.1) is 16.3 Å². The predicted octanol–water partition coefficient (Wildman–Crippen LogP) is 4.27. The molecule has 2 rings (SSSR count). The van der Waals surface area contributed by atoms with Gasteiger partial charge in [0, 0.05) is 0 Å². The van der Waals surface area contributed by atoms with Crippen molar-refractivity contribution in [2.45, 2.75) is 45.8 Å². The number of carbonyl (C=O) groups excluding carboxylic acids is 1. The molecular weight excluding hydrogens is 272 g/mol. The number of hydrogen-bond donors (Lipinski definition) is 1. The molecular formula is C15H20N2O2S. The van der Waals surface area contributed by atoms with Crippen LogP contribution in [-0.4, -0.2) is 16.7 Å². The summed E-state index contributed by atoms with van der Waals surface area (Å²) >= 11 is 1.61. The number of para-hydroxylation sites is 1. The van der Waals surface area contributed by atoms with Crippen LogP contribution in [0, 0.1) is 0 Å². The Bertz CT molecular complexity index is 568. The van der Waals surface area contributed by atoms with Gasteiger partial charge in [-0.1, -0.05) is 19.1 Å². The molecule has 0 aliphatic heterocycles. The number of fused-ring (bicyclic) bond motifs is 1. The topological polar surface area (TPSA) is 51.2 Å². The number of amides is 1. The number of alkyl carbamates (subject to hydrolysis) is 1. The number of nitrogens with one attached hydrogen (secondary N) is 1. The Labute approximate surface area is 123 Å². The van der Waals surface area contributed by atoms with E-state index in [1.165, 1.54) is 0 Å². The summed E-state index contributed by atoms with van der Waals surface area (Å²) in [4.78, 5) is 16.4. The van der Waals surface area contributed by atoms with Crippen molar-refractivity contribution in [2.75, 3.05) is 0 Å². The fourth-order valence-electron chi connectivity index (χ4n) is 1.83. The highest BCUT2D eigenvalue weighted by Crippen LogP contribution is 2.28. The number of aromatic nitrogens is 1. The molecule has 1 unspecified atom stereocenters. The first kappa shape index (κ1) is 14.8. The third-order valence-electron chi connectivity index (χ3n) is 2.71. The van der Waals surface area contributed by atoms with E-state index in [0.29, 0.717) is 0 Å². The first-order valence-corrected chi connectivity index (χ1v) is 7.55. The molecule has 108 valence electrons. The van der Waals surface area contributed by atoms with Crippen LogP contribution in [0.1, 0.15) is 45.2 Å². The number of ether oxygens (including phenoxy) is 1. The van der Waals surface area contributed by atoms with Crippen LogP contribution in [0.5, 0.6) is 0 Å². The van der Waals surface area contributed by atoms with Crippen molar-refractivity contribution in [3.05, 3.63) is 29.3 Å². The lowest BCUT2D eigenvalue weighted by atomic mass is 10.2. The summed E-state index contributed by atoms with van der Waals surface area (Å²) in [5, 5.41) is 3.80. The van der Waals surface area contributed by atoms with Crippen molar-refractivity contribution < 1.29 is 9.53 Å². The van der Waals surface area contributed by atoms with Crippen molar-refractivity contribution in [3.8, 4) is 0 Å². The van der Waals surface area contributed by atoms with Crippen LogP contribution in [0.3, 0.4) is 0 Å². The van der Waals surface area contributed by atoms with Crippen LogP contribution in [0.4, 0.5) is 4.79 Å². The molecule has 0 fully saturated rings. The molecule has 1 heterocycles. The third kappa shape index (κ3) is 3.70. The molecule has 0 spiro atoms. The molecule has 1 N–H and O–H groups in total. The Hall–Kier alpha value is -1.62. The monoisotopic (exact) mass is 292 g/mol. The van der Waals surface area contributed by atoms with Crippen molar-refractivity contribution in [1.29, 1.82) is 0 Å². The first-order chi connectivity index (χ1) is 9.39. The summed E-state index contributed by atoms with van der Waals surface area (Å²) in [6.07, 6.45) is 0.377. The third-order valence-corrected chi connectivity index (χ3v) is 3.86. The van der Waals surface area contributed by atoms with Gasteiger partial charge in [-0.15, -0.1) is 11.3 Å². The van der Waals surface area contributed by atoms with Gasteiger partial charge in [0.15, 0.2) is 0 Å². The van der Waals surface area contributed by atoms with Crippen LogP contribution in [-0.2, 0) is 4.74 Å². The summed E-state index contributed by atoms with van der Waals surface area (Å²) in [5.41, 5.74) is 0.479. The molecule has 1 aromatic heterocycles. The van der Waals surface area contributed by atoms with Gasteiger partial charge in [-0.25, -0.2) is 9.78 Å². The van der Waals surface area contributed by atoms with Gasteiger partial charge in [0.25, 0.3) is 0 Å². The lowest BCUT2D eigenvalue weighted by Crippen LogP contribution is -2.34. The molecule has 4 nitrogen and oxygen atoms in total. The highest BCUT2D eigenvalue weighted by Gasteiger charge is 2.21. The Morgan fingerprint density at radius 1 is 1.40 bits per heavy atom. The van der Waals surface area contributed by atoms with Gasteiger partial charge in [-0.3, -0.25) is 0 Å². The van der Waals surface area contributed by atoms with E-state index in [1.54, 1.807) is 11.3 Å². The molecule has 1 amide bonds. The molecule has 2 aromatic rings. The number of benzene rings is 1. The average Bonchev–Trinajstić information content (AvgIpc) is 2.77. The molecule has 0 bridgehead atoms. The molecule has 1 aromatic carbocycles. The Kier molecular flexibility index (Phi) is 4.28. The molecule has 0 radical (unpaired) electrons. The van der Waals surface area contributed by atoms with E-state index in [9.17, 15) is 4.79 Å². The molecule has 20 heavy (non-hydrogen) atoms. The first-order valence-electron chi connectivity index (χ1n) is 6.74. The standard InChI is InChI=1S/C15H20N2O2S/c1-5-10(17-14(18)19-15(2,3)4)13-16-11-8-6-7-9-12(11)20-13/h6-10H,5H2,1-4H3,(H,17,18). The maximum atomic E-state index is 11.9. The van der Waals surface area contributed by atoms with Crippen LogP contribution in [0.2, 0.25) is 0 Å². The highest BCUT2D eigenvalue weighted by atomic mass is 32.1. The molecule has 0 saturated carbocycles. The Balaban J connectivity index is 2.13. The van der Waals surface area contributed by atoms with E-state index in [4.69, 9.17) is 4.74 Å². The highest BCUT2D eigenvalue weighted by molar-refractivity contribution is 7.18. The zero-order valence-corrected chi connectivity index (χ0v) is 13.1. The smallest absolute Gasteiger partial charge is 0.408 e. The number of rotatable bonds is 3. The van der Waals surface area contributed by atoms with Crippen LogP contribution in [0.25, 0.3) is 10.2 Å². The largest absolute Gasteiger partial charge is 0.444 e. The van der Waals surface area contributed by atoms with E-state index < -0.39 is 11.7 Å². The normalized spacial score (nSPS) is 13.2. The van der Waals surface area contributed by atoms with E-state index in [1.807, 2.05) is 52.0 Å². The fraction of sp³-hybridized carbons (Fsp3) is 0.467. The summed E-state index contributed by atoms with van der Waals surface area (Å²) < 4.78 is 6.42. The van der Waals surface area contributed by atoms with Crippen molar-refractivity contribution in [2.24, 2.45) is 0 Å². The van der Waals surface area contributed by atoms with Gasteiger partial charge in [-0.2, -0.15) is 0 Å². The Morgan fingerprint density at radius 2 is 2.10 bits per heavy atom. The van der Waals surface area contributed by atoms with Gasteiger partial charge < -0.3 is 10.1 Å². The Morgan fingerprint density at radius 3 is 2.70 bits per heavy atom. The SMILES string of the molecule is CCC(NC(=O)OC(C)(C)C)c1nc2ccccc2s1. The molecule has 0 aliphatic rings. The second kappa shape index (κ2) is 5.79. The quantitative estimate of drug-likeness (QED) is 0.919. The summed E-state index contributed by atoms with van der Waals surface area (Å²) in [5.74, 6) is 0. The summed E-state index contributed by atoms with van der Waals surface area (Å²) in [7, 11) is 0. The van der Waals surface area contributed by atoms with Crippen LogP contribution >= 0.6 is 11.3 Å². The lowest BCUT2D eigenvalue weighted by molar-refractivity contribution is 0.0502. The molecule has 0 aliphatic carbocycles. The number of nitrogens with zero attached hydrogens (tertiary/aromatic N) is 1. The lowest BCUT2D eigenvalue weighted by Gasteiger charge is -2.22. The van der Waals surface area contributed by atoms with Crippen molar-refractivity contribution in [3.63, 3.8) is 0 Å². The number of hydrogen-bond acceptors (Lipinski definition) is 4. The summed E-state index contributed by atoms with van der Waals surface area (Å²) in [6, 6.07) is 7.87. The average molecular weight is 292 g/mol. The van der Waals surface area contributed by atoms with Gasteiger partial charge in [-0.05, 0) is 39.3 Å². The van der Waals surface area contributed by atoms with E-state index in [0.717, 1.165) is 21.6 Å². The summed E-state index contributed by atoms with van der Waals surface area (Å²) in [6.45, 7) is 7.58. The zero-order chi connectivity index (χ0) is 14.8. The van der Waals surface area contributed by atoms with Crippen LogP contribution in [0.15, 0.2) is 24.3 Å². The van der Waals surface area contributed by atoms with Crippen LogP contribution < -0.4 is 5.32 Å². The molecule has 1 atom stereocenters. The minimum atomic E-state index is -0.490. The van der Waals surface area contributed by atoms with Crippen molar-refractivity contribution in [1.82, 2.24) is 10.3 Å². The minimum Gasteiger partial charge on any atom is -0.444 e. The maximum absolute atomic E-state index is 11.9. The van der Waals surface area contributed by atoms with Crippen molar-refractivity contribution >= 4 is 27.6 Å². The number of thiazole rings is 1. The zero-order valence-electron chi connectivity index (χ0n) is 12.3.